The summed E-state index contributed by atoms with van der Waals surface area (Å²) in [6, 6.07) is 0.218. The molecule has 1 fully saturated rings. The predicted octanol–water partition coefficient (Wildman–Crippen LogP) is 3.08. The van der Waals surface area contributed by atoms with Crippen LogP contribution in [0.4, 0.5) is 0 Å². The number of likely N-dealkylation sites (N-methyl/N-ethyl adjacent to an activating group) is 1. The van der Waals surface area contributed by atoms with Crippen molar-refractivity contribution in [3.63, 3.8) is 0 Å². The third kappa shape index (κ3) is 2.27. The zero-order valence-corrected chi connectivity index (χ0v) is 11.4. The Hall–Kier alpha value is -0.120. The Kier molecular flexibility index (Phi) is 4.77. The lowest BCUT2D eigenvalue weighted by atomic mass is 9.93. The number of morpholine rings is 1. The smallest absolute Gasteiger partial charge is 0.115 e. The number of hydroxylamine groups is 3. The molecule has 1 aliphatic heterocycles. The highest BCUT2D eigenvalue weighted by molar-refractivity contribution is 4.83. The fraction of sp³-hybridized carbons (Fsp3) is 1.00. The van der Waals surface area contributed by atoms with Crippen LogP contribution in [0, 0.1) is 5.21 Å². The van der Waals surface area contributed by atoms with Crippen molar-refractivity contribution in [2.75, 3.05) is 7.05 Å². The Labute approximate surface area is 99.9 Å². The van der Waals surface area contributed by atoms with Crippen LogP contribution in [0.2, 0.25) is 0 Å². The molecule has 0 bridgehead atoms. The third-order valence-corrected chi connectivity index (χ3v) is 4.17. The van der Waals surface area contributed by atoms with Crippen molar-refractivity contribution in [2.45, 2.75) is 77.7 Å². The highest BCUT2D eigenvalue weighted by Gasteiger charge is 2.46. The molecule has 0 amide bonds. The lowest BCUT2D eigenvalue weighted by Crippen LogP contribution is -2.67. The SMILES string of the molecule is CCC1OC(CC)C(CC)[N+](C)([O-])C1CC. The van der Waals surface area contributed by atoms with Crippen LogP contribution in [-0.4, -0.2) is 36.0 Å². The van der Waals surface area contributed by atoms with E-state index in [9.17, 15) is 5.21 Å². The van der Waals surface area contributed by atoms with Crippen LogP contribution in [0.1, 0.15) is 53.4 Å². The summed E-state index contributed by atoms with van der Waals surface area (Å²) in [7, 11) is 1.84. The fourth-order valence-electron chi connectivity index (χ4n) is 3.30. The predicted molar refractivity (Wildman–Crippen MR) is 67.0 cm³/mol. The summed E-state index contributed by atoms with van der Waals surface area (Å²) < 4.78 is 6.00. The molecule has 0 aromatic carbocycles. The van der Waals surface area contributed by atoms with Crippen LogP contribution < -0.4 is 0 Å². The van der Waals surface area contributed by atoms with Gasteiger partial charge in [0.25, 0.3) is 0 Å². The number of hydrogen-bond donors (Lipinski definition) is 0. The van der Waals surface area contributed by atoms with Crippen molar-refractivity contribution in [1.82, 2.24) is 0 Å². The summed E-state index contributed by atoms with van der Waals surface area (Å²) in [5, 5.41) is 12.8. The van der Waals surface area contributed by atoms with Crippen molar-refractivity contribution < 1.29 is 9.38 Å². The first kappa shape index (κ1) is 13.9. The summed E-state index contributed by atoms with van der Waals surface area (Å²) in [6.45, 7) is 8.44. The Bertz CT molecular complexity index is 198. The summed E-state index contributed by atoms with van der Waals surface area (Å²) in [5.41, 5.74) is 0. The standard InChI is InChI=1S/C13H27NO2/c1-6-10-12(8-3)16-13(9-4)11(7-2)14(10,5)15/h10-13H,6-9H2,1-5H3. The van der Waals surface area contributed by atoms with Gasteiger partial charge in [0.1, 0.15) is 24.3 Å². The van der Waals surface area contributed by atoms with E-state index in [0.29, 0.717) is 0 Å². The minimum absolute atomic E-state index is 0.107. The molecule has 1 heterocycles. The van der Waals surface area contributed by atoms with Crippen LogP contribution in [0.5, 0.6) is 0 Å². The molecule has 0 spiro atoms. The first-order chi connectivity index (χ1) is 7.52. The van der Waals surface area contributed by atoms with E-state index in [-0.39, 0.29) is 28.9 Å². The van der Waals surface area contributed by atoms with Crippen molar-refractivity contribution in [2.24, 2.45) is 0 Å². The molecule has 3 heteroatoms. The molecule has 0 aromatic rings. The van der Waals surface area contributed by atoms with E-state index < -0.39 is 0 Å². The molecular weight excluding hydrogens is 202 g/mol. The Morgan fingerprint density at radius 2 is 1.25 bits per heavy atom. The van der Waals surface area contributed by atoms with E-state index in [0.717, 1.165) is 25.7 Å². The molecule has 4 unspecified atom stereocenters. The summed E-state index contributed by atoms with van der Waals surface area (Å²) in [5.74, 6) is 0. The molecular formula is C13H27NO2. The van der Waals surface area contributed by atoms with Gasteiger partial charge in [-0.3, -0.25) is 0 Å². The highest BCUT2D eigenvalue weighted by Crippen LogP contribution is 2.35. The van der Waals surface area contributed by atoms with Gasteiger partial charge < -0.3 is 14.6 Å². The number of rotatable bonds is 4. The van der Waals surface area contributed by atoms with Gasteiger partial charge >= 0.3 is 0 Å². The van der Waals surface area contributed by atoms with Gasteiger partial charge in [0.05, 0.1) is 7.05 Å². The first-order valence-corrected chi connectivity index (χ1v) is 6.75. The molecule has 16 heavy (non-hydrogen) atoms. The molecule has 1 aliphatic rings. The van der Waals surface area contributed by atoms with Crippen LogP contribution >= 0.6 is 0 Å². The lowest BCUT2D eigenvalue weighted by molar-refractivity contribution is -0.929. The average molecular weight is 229 g/mol. The topological polar surface area (TPSA) is 32.3 Å². The van der Waals surface area contributed by atoms with Crippen LogP contribution in [-0.2, 0) is 4.74 Å². The molecule has 3 nitrogen and oxygen atoms in total. The van der Waals surface area contributed by atoms with Crippen LogP contribution in [0.15, 0.2) is 0 Å². The molecule has 96 valence electrons. The average Bonchev–Trinajstić information content (AvgIpc) is 2.26. The van der Waals surface area contributed by atoms with Gasteiger partial charge in [0.2, 0.25) is 0 Å². The minimum Gasteiger partial charge on any atom is -0.632 e. The van der Waals surface area contributed by atoms with E-state index in [1.54, 1.807) is 0 Å². The monoisotopic (exact) mass is 229 g/mol. The van der Waals surface area contributed by atoms with Crippen molar-refractivity contribution in [1.29, 1.82) is 0 Å². The molecule has 0 aromatic heterocycles. The number of quaternary nitrogens is 1. The number of nitrogens with zero attached hydrogens (tertiary/aromatic N) is 1. The van der Waals surface area contributed by atoms with Gasteiger partial charge in [-0.25, -0.2) is 0 Å². The van der Waals surface area contributed by atoms with E-state index in [1.807, 2.05) is 7.05 Å². The quantitative estimate of drug-likeness (QED) is 0.548. The maximum Gasteiger partial charge on any atom is 0.115 e. The van der Waals surface area contributed by atoms with Crippen LogP contribution in [0.3, 0.4) is 0 Å². The van der Waals surface area contributed by atoms with Gasteiger partial charge in [-0.2, -0.15) is 0 Å². The second-order valence-corrected chi connectivity index (χ2v) is 5.04. The molecule has 0 radical (unpaired) electrons. The maximum atomic E-state index is 12.8. The third-order valence-electron chi connectivity index (χ3n) is 4.17. The lowest BCUT2D eigenvalue weighted by Gasteiger charge is -2.58. The summed E-state index contributed by atoms with van der Waals surface area (Å²) >= 11 is 0. The van der Waals surface area contributed by atoms with Gasteiger partial charge in [-0.05, 0) is 25.7 Å². The van der Waals surface area contributed by atoms with Crippen molar-refractivity contribution in [3.05, 3.63) is 5.21 Å². The molecule has 1 saturated heterocycles. The fourth-order valence-corrected chi connectivity index (χ4v) is 3.30. The molecule has 0 aliphatic carbocycles. The van der Waals surface area contributed by atoms with Crippen molar-refractivity contribution >= 4 is 0 Å². The van der Waals surface area contributed by atoms with E-state index >= 15 is 0 Å². The largest absolute Gasteiger partial charge is 0.632 e. The van der Waals surface area contributed by atoms with Gasteiger partial charge in [-0.15, -0.1) is 0 Å². The summed E-state index contributed by atoms with van der Waals surface area (Å²) in [6.07, 6.45) is 3.99. The van der Waals surface area contributed by atoms with Crippen LogP contribution in [0.25, 0.3) is 0 Å². The van der Waals surface area contributed by atoms with Gasteiger partial charge in [-0.1, -0.05) is 27.7 Å². The van der Waals surface area contributed by atoms with Crippen molar-refractivity contribution in [3.8, 4) is 0 Å². The second kappa shape index (κ2) is 5.48. The Morgan fingerprint density at radius 1 is 0.875 bits per heavy atom. The van der Waals surface area contributed by atoms with Gasteiger partial charge in [0.15, 0.2) is 0 Å². The summed E-state index contributed by atoms with van der Waals surface area (Å²) in [4.78, 5) is 0. The number of hydrogen-bond acceptors (Lipinski definition) is 2. The Balaban J connectivity index is 2.95. The van der Waals surface area contributed by atoms with E-state index in [4.69, 9.17) is 4.74 Å². The zero-order chi connectivity index (χ0) is 12.3. The van der Waals surface area contributed by atoms with Gasteiger partial charge in [0, 0.05) is 0 Å². The van der Waals surface area contributed by atoms with E-state index in [1.165, 1.54) is 0 Å². The zero-order valence-electron chi connectivity index (χ0n) is 11.4. The van der Waals surface area contributed by atoms with E-state index in [2.05, 4.69) is 27.7 Å². The number of ether oxygens (including phenoxy) is 1. The molecule has 4 atom stereocenters. The molecule has 1 rings (SSSR count). The highest BCUT2D eigenvalue weighted by atomic mass is 16.6. The minimum atomic E-state index is -0.107. The first-order valence-electron chi connectivity index (χ1n) is 6.75. The normalized spacial score (nSPS) is 44.6. The molecule has 0 saturated carbocycles. The maximum absolute atomic E-state index is 12.8. The Morgan fingerprint density at radius 3 is 1.50 bits per heavy atom. The molecule has 0 N–H and O–H groups in total. The second-order valence-electron chi connectivity index (χ2n) is 5.04.